The Balaban J connectivity index is 1.31. The zero-order valence-corrected chi connectivity index (χ0v) is 22.5. The number of carbonyl (C=O) groups excluding carboxylic acids is 3. The van der Waals surface area contributed by atoms with Crippen molar-refractivity contribution < 1.29 is 18.8 Å². The van der Waals surface area contributed by atoms with E-state index in [1.807, 2.05) is 47.4 Å². The molecule has 202 valence electrons. The van der Waals surface area contributed by atoms with E-state index in [1.54, 1.807) is 6.92 Å². The van der Waals surface area contributed by atoms with Gasteiger partial charge in [0.25, 0.3) is 0 Å². The number of likely N-dealkylation sites (tertiary alicyclic amines) is 2. The summed E-state index contributed by atoms with van der Waals surface area (Å²) in [4.78, 5) is 42.3. The van der Waals surface area contributed by atoms with Crippen LogP contribution in [0, 0.1) is 11.3 Å². The van der Waals surface area contributed by atoms with Gasteiger partial charge < -0.3 is 15.1 Å². The molecule has 38 heavy (non-hydrogen) atoms. The molecule has 3 amide bonds. The minimum Gasteiger partial charge on any atom is -0.343 e. The second-order valence-electron chi connectivity index (χ2n) is 11.6. The summed E-state index contributed by atoms with van der Waals surface area (Å²) < 4.78 is 14.7. The number of halogens is 1. The van der Waals surface area contributed by atoms with E-state index in [0.29, 0.717) is 19.0 Å². The molecule has 0 radical (unpaired) electrons. The van der Waals surface area contributed by atoms with Crippen molar-refractivity contribution in [2.24, 2.45) is 11.3 Å². The molecule has 5 rings (SSSR count). The van der Waals surface area contributed by atoms with E-state index in [9.17, 15) is 18.8 Å². The van der Waals surface area contributed by atoms with E-state index in [2.05, 4.69) is 31.3 Å². The van der Waals surface area contributed by atoms with Crippen LogP contribution >= 0.6 is 0 Å². The van der Waals surface area contributed by atoms with Gasteiger partial charge in [0, 0.05) is 32.4 Å². The Morgan fingerprint density at radius 2 is 1.55 bits per heavy atom. The molecule has 4 atom stereocenters. The average Bonchev–Trinajstić information content (AvgIpc) is 3.46. The highest BCUT2D eigenvalue weighted by atomic mass is 19.1. The van der Waals surface area contributed by atoms with Crippen molar-refractivity contribution in [1.29, 1.82) is 0 Å². The Kier molecular flexibility index (Phi) is 7.30. The van der Waals surface area contributed by atoms with E-state index in [4.69, 9.17) is 0 Å². The van der Waals surface area contributed by atoms with Crippen LogP contribution in [0.5, 0.6) is 0 Å². The predicted octanol–water partition coefficient (Wildman–Crippen LogP) is 4.60. The lowest BCUT2D eigenvalue weighted by Gasteiger charge is -2.33. The number of nitrogens with zero attached hydrogens (tertiary/aromatic N) is 2. The molecule has 2 aromatic rings. The van der Waals surface area contributed by atoms with E-state index in [0.717, 1.165) is 30.4 Å². The molecule has 3 aliphatic rings. The quantitative estimate of drug-likeness (QED) is 0.606. The summed E-state index contributed by atoms with van der Waals surface area (Å²) in [6.45, 7) is 7.13. The molecule has 0 bridgehead atoms. The first-order valence-electron chi connectivity index (χ1n) is 13.8. The third-order valence-electron chi connectivity index (χ3n) is 8.88. The van der Waals surface area contributed by atoms with Gasteiger partial charge in [-0.3, -0.25) is 14.4 Å². The van der Waals surface area contributed by atoms with Crippen LogP contribution in [0.3, 0.4) is 0 Å². The zero-order valence-electron chi connectivity index (χ0n) is 22.5. The second kappa shape index (κ2) is 10.5. The fourth-order valence-corrected chi connectivity index (χ4v) is 6.31. The first kappa shape index (κ1) is 26.4. The molecule has 1 saturated carbocycles. The van der Waals surface area contributed by atoms with Crippen LogP contribution < -0.4 is 5.32 Å². The van der Waals surface area contributed by atoms with Gasteiger partial charge in [0.1, 0.15) is 12.2 Å². The highest BCUT2D eigenvalue weighted by molar-refractivity contribution is 5.91. The number of amides is 3. The van der Waals surface area contributed by atoms with E-state index >= 15 is 0 Å². The highest BCUT2D eigenvalue weighted by Crippen LogP contribution is 2.60. The lowest BCUT2D eigenvalue weighted by molar-refractivity contribution is -0.140. The lowest BCUT2D eigenvalue weighted by atomic mass is 9.90. The average molecular weight is 520 g/mol. The predicted molar refractivity (Wildman–Crippen MR) is 144 cm³/mol. The molecule has 1 aliphatic carbocycles. The molecule has 7 heteroatoms. The number of hydrogen-bond donors (Lipinski definition) is 1. The van der Waals surface area contributed by atoms with Gasteiger partial charge in [-0.05, 0) is 47.3 Å². The molecule has 0 aromatic heterocycles. The molecule has 6 nitrogen and oxygen atoms in total. The minimum absolute atomic E-state index is 0.0171. The summed E-state index contributed by atoms with van der Waals surface area (Å²) in [5, 5.41) is 3.15. The molecule has 3 fully saturated rings. The van der Waals surface area contributed by atoms with Crippen molar-refractivity contribution in [2.75, 3.05) is 19.6 Å². The minimum atomic E-state index is -1.22. The number of rotatable bonds is 6. The molecule has 1 N–H and O–H groups in total. The number of alkyl halides is 1. The third kappa shape index (κ3) is 5.20. The Morgan fingerprint density at radius 3 is 2.16 bits per heavy atom. The van der Waals surface area contributed by atoms with Gasteiger partial charge in [-0.25, -0.2) is 4.39 Å². The number of hydrogen-bond acceptors (Lipinski definition) is 3. The first-order valence-corrected chi connectivity index (χ1v) is 13.8. The Labute approximate surface area is 224 Å². The highest BCUT2D eigenvalue weighted by Gasteiger charge is 2.61. The maximum atomic E-state index is 14.7. The summed E-state index contributed by atoms with van der Waals surface area (Å²) in [6.07, 6.45) is 1.13. The number of carbonyl (C=O) groups is 3. The smallest absolute Gasteiger partial charge is 0.243 e. The Morgan fingerprint density at radius 1 is 0.947 bits per heavy atom. The molecule has 4 unspecified atom stereocenters. The lowest BCUT2D eigenvalue weighted by Crippen LogP contribution is -2.48. The number of benzene rings is 2. The molecule has 2 aromatic carbocycles. The van der Waals surface area contributed by atoms with Gasteiger partial charge in [0.05, 0.1) is 12.6 Å². The normalized spacial score (nSPS) is 24.9. The second-order valence-corrected chi connectivity index (χ2v) is 11.6. The van der Waals surface area contributed by atoms with Crippen molar-refractivity contribution in [1.82, 2.24) is 15.1 Å². The van der Waals surface area contributed by atoms with E-state index in [-0.39, 0.29) is 42.0 Å². The molecular weight excluding hydrogens is 481 g/mol. The summed E-state index contributed by atoms with van der Waals surface area (Å²) >= 11 is 0. The largest absolute Gasteiger partial charge is 0.343 e. The maximum Gasteiger partial charge on any atom is 0.243 e. The van der Waals surface area contributed by atoms with E-state index in [1.165, 1.54) is 10.5 Å². The molecule has 2 heterocycles. The fourth-order valence-electron chi connectivity index (χ4n) is 6.31. The maximum absolute atomic E-state index is 14.7. The molecule has 2 saturated heterocycles. The monoisotopic (exact) mass is 519 g/mol. The number of piperidine rings is 1. The topological polar surface area (TPSA) is 69.7 Å². The van der Waals surface area contributed by atoms with E-state index < -0.39 is 18.3 Å². The van der Waals surface area contributed by atoms with Crippen molar-refractivity contribution in [3.8, 4) is 0 Å². The van der Waals surface area contributed by atoms with Gasteiger partial charge in [0.2, 0.25) is 17.7 Å². The van der Waals surface area contributed by atoms with Crippen molar-refractivity contribution in [2.45, 2.75) is 70.6 Å². The van der Waals surface area contributed by atoms with Crippen LogP contribution in [0.25, 0.3) is 0 Å². The van der Waals surface area contributed by atoms with Gasteiger partial charge in [0.15, 0.2) is 0 Å². The van der Waals surface area contributed by atoms with Crippen molar-refractivity contribution >= 4 is 17.7 Å². The van der Waals surface area contributed by atoms with Gasteiger partial charge in [-0.15, -0.1) is 0 Å². The van der Waals surface area contributed by atoms with Crippen LogP contribution in [-0.2, 0) is 14.4 Å². The van der Waals surface area contributed by atoms with Crippen LogP contribution in [0.2, 0.25) is 0 Å². The van der Waals surface area contributed by atoms with Crippen LogP contribution in [0.1, 0.15) is 75.1 Å². The van der Waals surface area contributed by atoms with Gasteiger partial charge in [-0.2, -0.15) is 0 Å². The fraction of sp³-hybridized carbons (Fsp3) is 0.516. The molecule has 1 spiro atoms. The van der Waals surface area contributed by atoms with Gasteiger partial charge in [-0.1, -0.05) is 68.4 Å². The molecular formula is C31H38FN3O3. The van der Waals surface area contributed by atoms with Crippen LogP contribution in [0.4, 0.5) is 4.39 Å². The summed E-state index contributed by atoms with van der Waals surface area (Å²) in [7, 11) is 0. The summed E-state index contributed by atoms with van der Waals surface area (Å²) in [5.41, 5.74) is 2.99. The Hall–Kier alpha value is -3.22. The van der Waals surface area contributed by atoms with Crippen molar-refractivity contribution in [3.05, 3.63) is 71.3 Å². The zero-order chi connectivity index (χ0) is 27.0. The van der Waals surface area contributed by atoms with Crippen LogP contribution in [0.15, 0.2) is 54.6 Å². The van der Waals surface area contributed by atoms with Crippen molar-refractivity contribution in [3.63, 3.8) is 0 Å². The van der Waals surface area contributed by atoms with Gasteiger partial charge >= 0.3 is 0 Å². The summed E-state index contributed by atoms with van der Waals surface area (Å²) in [5.74, 6) is -0.160. The van der Waals surface area contributed by atoms with Crippen LogP contribution in [-0.4, -0.2) is 59.4 Å². The first-order chi connectivity index (χ1) is 18.2. The molecule has 2 aliphatic heterocycles. The Bertz CT molecular complexity index is 1170. The number of nitrogens with one attached hydrogen (secondary N) is 1. The third-order valence-corrected chi connectivity index (χ3v) is 8.88. The SMILES string of the molecule is CC(=O)N1CCC2(CC1)CC2C(=O)N1CC(F)CC1C(=O)NC(c1ccccc1)c1ccc(C(C)C)cc1. The standard InChI is InChI=1S/C31H38FN3O3/c1-20(2)22-9-11-24(12-10-22)28(23-7-5-4-6-8-23)33-29(37)27-17-25(32)19-35(27)30(38)26-18-31(26)13-15-34(16-14-31)21(3)36/h4-12,20,25-28H,13-19H2,1-3H3,(H,33,37). The summed E-state index contributed by atoms with van der Waals surface area (Å²) in [6, 6.07) is 16.7.